The number of urea groups is 1. The molecule has 7 nitrogen and oxygen atoms in total. The fourth-order valence-electron chi connectivity index (χ4n) is 2.86. The van der Waals surface area contributed by atoms with Crippen LogP contribution in [0.25, 0.3) is 0 Å². The Morgan fingerprint density at radius 3 is 2.36 bits per heavy atom. The lowest BCUT2D eigenvalue weighted by Gasteiger charge is -2.32. The number of hydrogen-bond donors (Lipinski definition) is 1. The third-order valence-corrected chi connectivity index (χ3v) is 4.15. The maximum absolute atomic E-state index is 12.5. The van der Waals surface area contributed by atoms with Crippen molar-refractivity contribution in [3.8, 4) is 0 Å². The Hall–Kier alpha value is -2.05. The molecule has 2 N–H and O–H groups in total. The molecule has 0 spiro atoms. The van der Waals surface area contributed by atoms with Crippen molar-refractivity contribution in [2.24, 2.45) is 11.7 Å². The molecule has 1 rings (SSSR count). The fraction of sp³-hybridized carbons (Fsp3) is 0.667. The van der Waals surface area contributed by atoms with E-state index in [1.807, 2.05) is 13.8 Å². The third kappa shape index (κ3) is 3.78. The SMILES string of the molecule is C=CC(=O)N(C)[C@@H]1CCN(C(=O)N(C)[C@H](C(N)=O)C(C)C)C1. The molecule has 1 heterocycles. The molecule has 1 aliphatic rings. The molecule has 0 unspecified atom stereocenters. The van der Waals surface area contributed by atoms with Crippen molar-refractivity contribution >= 4 is 17.8 Å². The summed E-state index contributed by atoms with van der Waals surface area (Å²) >= 11 is 0. The van der Waals surface area contributed by atoms with Crippen LogP contribution in [-0.4, -0.2) is 71.8 Å². The highest BCUT2D eigenvalue weighted by Crippen LogP contribution is 2.18. The summed E-state index contributed by atoms with van der Waals surface area (Å²) in [5, 5.41) is 0. The zero-order valence-electron chi connectivity index (χ0n) is 13.8. The number of hydrogen-bond acceptors (Lipinski definition) is 3. The molecule has 22 heavy (non-hydrogen) atoms. The van der Waals surface area contributed by atoms with Crippen LogP contribution < -0.4 is 5.73 Å². The number of likely N-dealkylation sites (N-methyl/N-ethyl adjacent to an activating group) is 2. The van der Waals surface area contributed by atoms with Crippen LogP contribution in [0.3, 0.4) is 0 Å². The molecular formula is C15H26N4O3. The van der Waals surface area contributed by atoms with Crippen LogP contribution in [0, 0.1) is 5.92 Å². The molecule has 0 radical (unpaired) electrons. The quantitative estimate of drug-likeness (QED) is 0.739. The van der Waals surface area contributed by atoms with Crippen LogP contribution in [0.15, 0.2) is 12.7 Å². The first kappa shape index (κ1) is 18.0. The lowest BCUT2D eigenvalue weighted by molar-refractivity contribution is -0.126. The van der Waals surface area contributed by atoms with Crippen LogP contribution >= 0.6 is 0 Å². The molecule has 1 saturated heterocycles. The van der Waals surface area contributed by atoms with Gasteiger partial charge in [-0.2, -0.15) is 0 Å². The van der Waals surface area contributed by atoms with Crippen LogP contribution in [0.4, 0.5) is 4.79 Å². The largest absolute Gasteiger partial charge is 0.368 e. The van der Waals surface area contributed by atoms with Crippen molar-refractivity contribution in [2.45, 2.75) is 32.4 Å². The Morgan fingerprint density at radius 1 is 1.32 bits per heavy atom. The van der Waals surface area contributed by atoms with E-state index in [0.717, 1.165) is 0 Å². The molecule has 4 amide bonds. The Balaban J connectivity index is 2.73. The number of likely N-dealkylation sites (tertiary alicyclic amines) is 1. The molecule has 0 bridgehead atoms. The summed E-state index contributed by atoms with van der Waals surface area (Å²) in [4.78, 5) is 40.3. The van der Waals surface area contributed by atoms with Gasteiger partial charge in [0.05, 0.1) is 6.04 Å². The van der Waals surface area contributed by atoms with Crippen molar-refractivity contribution in [1.29, 1.82) is 0 Å². The van der Waals surface area contributed by atoms with Gasteiger partial charge in [-0.05, 0) is 18.4 Å². The van der Waals surface area contributed by atoms with Gasteiger partial charge >= 0.3 is 6.03 Å². The normalized spacial score (nSPS) is 19.0. The number of carbonyl (C=O) groups excluding carboxylic acids is 3. The first-order chi connectivity index (χ1) is 10.2. The maximum atomic E-state index is 12.5. The van der Waals surface area contributed by atoms with Gasteiger partial charge in [-0.3, -0.25) is 9.59 Å². The predicted octanol–water partition coefficient (Wildman–Crippen LogP) is 0.267. The molecule has 0 aliphatic carbocycles. The van der Waals surface area contributed by atoms with E-state index in [2.05, 4.69) is 6.58 Å². The van der Waals surface area contributed by atoms with E-state index in [-0.39, 0.29) is 23.9 Å². The van der Waals surface area contributed by atoms with E-state index in [9.17, 15) is 14.4 Å². The number of primary amides is 1. The first-order valence-corrected chi connectivity index (χ1v) is 7.41. The first-order valence-electron chi connectivity index (χ1n) is 7.41. The van der Waals surface area contributed by atoms with Gasteiger partial charge in [0.1, 0.15) is 6.04 Å². The fourth-order valence-corrected chi connectivity index (χ4v) is 2.86. The maximum Gasteiger partial charge on any atom is 0.320 e. The second-order valence-electron chi connectivity index (χ2n) is 6.03. The molecule has 0 aromatic heterocycles. The highest BCUT2D eigenvalue weighted by atomic mass is 16.2. The zero-order chi connectivity index (χ0) is 17.0. The van der Waals surface area contributed by atoms with Gasteiger partial charge < -0.3 is 20.4 Å². The predicted molar refractivity (Wildman–Crippen MR) is 83.9 cm³/mol. The smallest absolute Gasteiger partial charge is 0.320 e. The Kier molecular flexibility index (Phi) is 5.96. The van der Waals surface area contributed by atoms with Gasteiger partial charge in [-0.1, -0.05) is 20.4 Å². The molecule has 7 heteroatoms. The molecule has 1 fully saturated rings. The second-order valence-corrected chi connectivity index (χ2v) is 6.03. The van der Waals surface area contributed by atoms with Gasteiger partial charge in [0.2, 0.25) is 11.8 Å². The van der Waals surface area contributed by atoms with Gasteiger partial charge in [-0.15, -0.1) is 0 Å². The van der Waals surface area contributed by atoms with Crippen LogP contribution in [-0.2, 0) is 9.59 Å². The van der Waals surface area contributed by atoms with Gasteiger partial charge in [0.25, 0.3) is 0 Å². The summed E-state index contributed by atoms with van der Waals surface area (Å²) in [6, 6.07) is -0.910. The average Bonchev–Trinajstić information content (AvgIpc) is 2.93. The Bertz CT molecular complexity index is 464. The van der Waals surface area contributed by atoms with Crippen molar-refractivity contribution in [2.75, 3.05) is 27.2 Å². The lowest BCUT2D eigenvalue weighted by Crippen LogP contribution is -2.53. The minimum atomic E-state index is -0.640. The second kappa shape index (κ2) is 7.29. The van der Waals surface area contributed by atoms with E-state index >= 15 is 0 Å². The molecule has 0 aromatic rings. The van der Waals surface area contributed by atoms with Gasteiger partial charge in [-0.25, -0.2) is 4.79 Å². The van der Waals surface area contributed by atoms with E-state index in [1.54, 1.807) is 23.9 Å². The van der Waals surface area contributed by atoms with E-state index in [1.165, 1.54) is 11.0 Å². The van der Waals surface area contributed by atoms with Crippen LogP contribution in [0.5, 0.6) is 0 Å². The van der Waals surface area contributed by atoms with Crippen molar-refractivity contribution in [3.63, 3.8) is 0 Å². The number of nitrogens with zero attached hydrogens (tertiary/aromatic N) is 3. The molecule has 124 valence electrons. The Labute approximate surface area is 131 Å². The van der Waals surface area contributed by atoms with E-state index in [0.29, 0.717) is 19.5 Å². The molecular weight excluding hydrogens is 284 g/mol. The summed E-state index contributed by atoms with van der Waals surface area (Å²) in [5.41, 5.74) is 5.39. The molecule has 2 atom stereocenters. The highest BCUT2D eigenvalue weighted by molar-refractivity contribution is 5.87. The third-order valence-electron chi connectivity index (χ3n) is 4.15. The minimum absolute atomic E-state index is 0.0334. The summed E-state index contributed by atoms with van der Waals surface area (Å²) in [6.07, 6.45) is 1.97. The van der Waals surface area contributed by atoms with Crippen molar-refractivity contribution in [3.05, 3.63) is 12.7 Å². The molecule has 0 saturated carbocycles. The summed E-state index contributed by atoms with van der Waals surface area (Å²) < 4.78 is 0. The number of rotatable bonds is 5. The standard InChI is InChI=1S/C15H26N4O3/c1-6-12(20)17(4)11-7-8-19(9-11)15(22)18(5)13(10(2)3)14(16)21/h6,10-11,13H,1,7-9H2,2-5H3,(H2,16,21)/t11-,13+/m1/s1. The number of nitrogens with two attached hydrogens (primary N) is 1. The summed E-state index contributed by atoms with van der Waals surface area (Å²) in [7, 11) is 3.29. The highest BCUT2D eigenvalue weighted by Gasteiger charge is 2.35. The van der Waals surface area contributed by atoms with Gasteiger partial charge in [0.15, 0.2) is 0 Å². The summed E-state index contributed by atoms with van der Waals surface area (Å²) in [5.74, 6) is -0.736. The van der Waals surface area contributed by atoms with Gasteiger partial charge in [0, 0.05) is 27.2 Å². The monoisotopic (exact) mass is 310 g/mol. The van der Waals surface area contributed by atoms with Crippen LogP contribution in [0.1, 0.15) is 20.3 Å². The topological polar surface area (TPSA) is 87.0 Å². The lowest BCUT2D eigenvalue weighted by atomic mass is 10.0. The number of carbonyl (C=O) groups is 3. The number of amides is 4. The average molecular weight is 310 g/mol. The van der Waals surface area contributed by atoms with Crippen molar-refractivity contribution < 1.29 is 14.4 Å². The zero-order valence-corrected chi connectivity index (χ0v) is 13.8. The summed E-state index contributed by atoms with van der Waals surface area (Å²) in [6.45, 7) is 8.16. The van der Waals surface area contributed by atoms with E-state index < -0.39 is 11.9 Å². The molecule has 1 aliphatic heterocycles. The van der Waals surface area contributed by atoms with Crippen LogP contribution in [0.2, 0.25) is 0 Å². The Morgan fingerprint density at radius 2 is 1.91 bits per heavy atom. The molecule has 0 aromatic carbocycles. The van der Waals surface area contributed by atoms with E-state index in [4.69, 9.17) is 5.73 Å². The van der Waals surface area contributed by atoms with Crippen molar-refractivity contribution in [1.82, 2.24) is 14.7 Å². The minimum Gasteiger partial charge on any atom is -0.368 e.